The number of H-pyrrole nitrogens is 1. The van der Waals surface area contributed by atoms with Gasteiger partial charge in [0.2, 0.25) is 0 Å². The summed E-state index contributed by atoms with van der Waals surface area (Å²) in [6.07, 6.45) is -6.56. The SMILES string of the molecule is COc1ccccc1C1=C(CN(Cc2cc(C(F)(F)F)cc(C(F)(F)F)c2)c2nn[nH]n2)CCCC1. The van der Waals surface area contributed by atoms with Gasteiger partial charge in [-0.3, -0.25) is 0 Å². The van der Waals surface area contributed by atoms with Gasteiger partial charge >= 0.3 is 12.4 Å². The van der Waals surface area contributed by atoms with Gasteiger partial charge in [-0.1, -0.05) is 23.3 Å². The van der Waals surface area contributed by atoms with E-state index < -0.39 is 23.5 Å². The van der Waals surface area contributed by atoms with Crippen LogP contribution in [0, 0.1) is 0 Å². The van der Waals surface area contributed by atoms with Crippen LogP contribution in [0.3, 0.4) is 0 Å². The summed E-state index contributed by atoms with van der Waals surface area (Å²) < 4.78 is 85.8. The summed E-state index contributed by atoms with van der Waals surface area (Å²) in [6.45, 7) is -0.0836. The summed E-state index contributed by atoms with van der Waals surface area (Å²) in [5, 5.41) is 13.7. The first kappa shape index (κ1) is 25.5. The molecule has 1 aromatic heterocycles. The lowest BCUT2D eigenvalue weighted by Gasteiger charge is -2.28. The molecule has 0 radical (unpaired) electrons. The van der Waals surface area contributed by atoms with E-state index in [9.17, 15) is 26.3 Å². The Morgan fingerprint density at radius 3 is 2.19 bits per heavy atom. The summed E-state index contributed by atoms with van der Waals surface area (Å²) in [4.78, 5) is 1.52. The predicted octanol–water partition coefficient (Wildman–Crippen LogP) is 6.28. The molecule has 0 bridgehead atoms. The number of aromatic nitrogens is 4. The van der Waals surface area contributed by atoms with E-state index in [2.05, 4.69) is 20.6 Å². The Bertz CT molecular complexity index is 1190. The number of benzene rings is 2. The second-order valence-corrected chi connectivity index (χ2v) is 8.47. The van der Waals surface area contributed by atoms with E-state index in [1.807, 2.05) is 24.3 Å². The molecule has 0 unspecified atom stereocenters. The van der Waals surface area contributed by atoms with E-state index >= 15 is 0 Å². The van der Waals surface area contributed by atoms with E-state index in [0.29, 0.717) is 12.2 Å². The molecule has 36 heavy (non-hydrogen) atoms. The van der Waals surface area contributed by atoms with E-state index in [-0.39, 0.29) is 30.7 Å². The third-order valence-corrected chi connectivity index (χ3v) is 6.03. The summed E-state index contributed by atoms with van der Waals surface area (Å²) in [5.41, 5.74) is 0.0168. The quantitative estimate of drug-likeness (QED) is 0.378. The monoisotopic (exact) mass is 511 g/mol. The van der Waals surface area contributed by atoms with Crippen molar-refractivity contribution in [1.29, 1.82) is 0 Å². The molecule has 0 atom stereocenters. The molecular weight excluding hydrogens is 488 g/mol. The number of halogens is 6. The van der Waals surface area contributed by atoms with E-state index in [1.165, 1.54) is 4.90 Å². The van der Waals surface area contributed by atoms with E-state index in [4.69, 9.17) is 4.74 Å². The predicted molar refractivity (Wildman–Crippen MR) is 120 cm³/mol. The zero-order chi connectivity index (χ0) is 25.9. The highest BCUT2D eigenvalue weighted by atomic mass is 19.4. The van der Waals surface area contributed by atoms with Crippen LogP contribution in [0.25, 0.3) is 5.57 Å². The highest BCUT2D eigenvalue weighted by Gasteiger charge is 2.37. The molecule has 0 saturated carbocycles. The first-order valence-corrected chi connectivity index (χ1v) is 11.2. The van der Waals surface area contributed by atoms with Crippen molar-refractivity contribution in [2.24, 2.45) is 0 Å². The van der Waals surface area contributed by atoms with Gasteiger partial charge in [-0.15, -0.1) is 5.10 Å². The summed E-state index contributed by atoms with van der Waals surface area (Å²) in [7, 11) is 1.57. The van der Waals surface area contributed by atoms with Crippen LogP contribution in [0.4, 0.5) is 32.3 Å². The van der Waals surface area contributed by atoms with Crippen molar-refractivity contribution in [3.05, 3.63) is 70.3 Å². The van der Waals surface area contributed by atoms with Crippen LogP contribution in [-0.2, 0) is 18.9 Å². The Labute approximate surface area is 203 Å². The molecule has 1 aliphatic rings. The minimum atomic E-state index is -4.93. The number of hydrogen-bond donors (Lipinski definition) is 1. The van der Waals surface area contributed by atoms with Gasteiger partial charge in [0.25, 0.3) is 5.95 Å². The fourth-order valence-corrected chi connectivity index (χ4v) is 4.41. The second kappa shape index (κ2) is 10.2. The van der Waals surface area contributed by atoms with Gasteiger partial charge < -0.3 is 9.64 Å². The molecule has 192 valence electrons. The molecule has 4 rings (SSSR count). The van der Waals surface area contributed by atoms with Crippen molar-refractivity contribution in [1.82, 2.24) is 20.6 Å². The molecule has 2 aromatic carbocycles. The fourth-order valence-electron chi connectivity index (χ4n) is 4.41. The Kier molecular flexibility index (Phi) is 7.23. The highest BCUT2D eigenvalue weighted by Crippen LogP contribution is 2.39. The molecule has 6 nitrogen and oxygen atoms in total. The number of rotatable bonds is 7. The van der Waals surface area contributed by atoms with Crippen LogP contribution in [0.5, 0.6) is 5.75 Å². The number of nitrogens with zero attached hydrogens (tertiary/aromatic N) is 4. The molecule has 0 aliphatic heterocycles. The lowest BCUT2D eigenvalue weighted by molar-refractivity contribution is -0.143. The Hall–Kier alpha value is -3.57. The zero-order valence-electron chi connectivity index (χ0n) is 19.2. The minimum Gasteiger partial charge on any atom is -0.496 e. The number of anilines is 1. The molecule has 1 aliphatic carbocycles. The van der Waals surface area contributed by atoms with Crippen LogP contribution in [0.2, 0.25) is 0 Å². The first-order chi connectivity index (χ1) is 17.1. The van der Waals surface area contributed by atoms with E-state index in [0.717, 1.165) is 48.1 Å². The number of aromatic amines is 1. The van der Waals surface area contributed by atoms with Crippen molar-refractivity contribution in [2.45, 2.75) is 44.6 Å². The number of nitrogens with one attached hydrogen (secondary N) is 1. The molecule has 0 spiro atoms. The largest absolute Gasteiger partial charge is 0.496 e. The maximum Gasteiger partial charge on any atom is 0.416 e. The third-order valence-electron chi connectivity index (χ3n) is 6.03. The summed E-state index contributed by atoms with van der Waals surface area (Å²) in [5.74, 6) is 0.754. The maximum absolute atomic E-state index is 13.4. The third kappa shape index (κ3) is 5.80. The zero-order valence-corrected chi connectivity index (χ0v) is 19.2. The molecular formula is C24H23F6N5O. The van der Waals surface area contributed by atoms with Crippen LogP contribution in [0.1, 0.15) is 47.9 Å². The molecule has 12 heteroatoms. The lowest BCUT2D eigenvalue weighted by Crippen LogP contribution is -2.28. The number of hydrogen-bond acceptors (Lipinski definition) is 5. The summed E-state index contributed by atoms with van der Waals surface area (Å²) >= 11 is 0. The summed E-state index contributed by atoms with van der Waals surface area (Å²) in [6, 6.07) is 9.06. The van der Waals surface area contributed by atoms with Crippen molar-refractivity contribution >= 4 is 11.5 Å². The second-order valence-electron chi connectivity index (χ2n) is 8.47. The molecule has 1 heterocycles. The van der Waals surface area contributed by atoms with Crippen molar-refractivity contribution in [3.8, 4) is 5.75 Å². The van der Waals surface area contributed by atoms with Crippen molar-refractivity contribution in [3.63, 3.8) is 0 Å². The topological polar surface area (TPSA) is 66.9 Å². The van der Waals surface area contributed by atoms with Crippen molar-refractivity contribution < 1.29 is 31.1 Å². The van der Waals surface area contributed by atoms with Crippen LogP contribution in [-0.4, -0.2) is 34.3 Å². The molecule has 1 N–H and O–H groups in total. The maximum atomic E-state index is 13.4. The first-order valence-electron chi connectivity index (χ1n) is 11.2. The Morgan fingerprint density at radius 2 is 1.58 bits per heavy atom. The lowest BCUT2D eigenvalue weighted by atomic mass is 9.86. The number of allylic oxidation sites excluding steroid dienone is 1. The Balaban J connectivity index is 1.74. The van der Waals surface area contributed by atoms with Gasteiger partial charge in [-0.2, -0.15) is 31.6 Å². The van der Waals surface area contributed by atoms with Crippen LogP contribution >= 0.6 is 0 Å². The number of tetrazole rings is 1. The highest BCUT2D eigenvalue weighted by molar-refractivity contribution is 5.74. The number of methoxy groups -OCH3 is 1. The number of para-hydroxylation sites is 1. The molecule has 0 saturated heterocycles. The fraction of sp³-hybridized carbons (Fsp3) is 0.375. The van der Waals surface area contributed by atoms with Crippen molar-refractivity contribution in [2.75, 3.05) is 18.6 Å². The average Bonchev–Trinajstić information content (AvgIpc) is 3.38. The van der Waals surface area contributed by atoms with Gasteiger partial charge in [0.15, 0.2) is 0 Å². The smallest absolute Gasteiger partial charge is 0.416 e. The van der Waals surface area contributed by atoms with Gasteiger partial charge in [0.1, 0.15) is 5.75 Å². The van der Waals surface area contributed by atoms with Gasteiger partial charge in [0, 0.05) is 18.7 Å². The number of alkyl halides is 6. The molecule has 3 aromatic rings. The van der Waals surface area contributed by atoms with E-state index in [1.54, 1.807) is 7.11 Å². The van der Waals surface area contributed by atoms with Gasteiger partial charge in [-0.25, -0.2) is 0 Å². The van der Waals surface area contributed by atoms with Crippen LogP contribution < -0.4 is 9.64 Å². The minimum absolute atomic E-state index is 0.0680. The standard InChI is InChI=1S/C24H23F6N5O/c1-36-21-9-5-4-8-20(21)19-7-3-2-6-16(19)14-35(22-31-33-34-32-22)13-15-10-17(23(25,26)27)12-18(11-15)24(28,29)30/h4-5,8-12H,2-3,6-7,13-14H2,1H3,(H,31,32,33,34). The molecule has 0 amide bonds. The van der Waals surface area contributed by atoms with Crippen LogP contribution in [0.15, 0.2) is 48.0 Å². The van der Waals surface area contributed by atoms with Gasteiger partial charge in [-0.05, 0) is 71.9 Å². The number of ether oxygens (including phenoxy) is 1. The normalized spacial score (nSPS) is 14.8. The Morgan fingerprint density at radius 1 is 0.917 bits per heavy atom. The molecule has 0 fully saturated rings. The average molecular weight is 511 g/mol. The van der Waals surface area contributed by atoms with Gasteiger partial charge in [0.05, 0.1) is 18.2 Å².